The van der Waals surface area contributed by atoms with E-state index in [1.54, 1.807) is 4.90 Å². The van der Waals surface area contributed by atoms with Gasteiger partial charge in [-0.15, -0.1) is 0 Å². The lowest BCUT2D eigenvalue weighted by molar-refractivity contribution is -0.142. The quantitative estimate of drug-likeness (QED) is 0.583. The molecule has 0 aromatic carbocycles. The van der Waals surface area contributed by atoms with E-state index < -0.39 is 12.7 Å². The average Bonchev–Trinajstić information content (AvgIpc) is 2.48. The van der Waals surface area contributed by atoms with Crippen molar-refractivity contribution in [2.24, 2.45) is 0 Å². The summed E-state index contributed by atoms with van der Waals surface area (Å²) in [6, 6.07) is 0.207. The monoisotopic (exact) mass is 173 g/mol. The molecule has 1 saturated heterocycles. The van der Waals surface area contributed by atoms with Gasteiger partial charge in [0.25, 0.3) is 5.91 Å². The highest BCUT2D eigenvalue weighted by molar-refractivity contribution is 5.81. The topological polar surface area (TPSA) is 60.8 Å². The summed E-state index contributed by atoms with van der Waals surface area (Å²) in [6.45, 7) is 2.17. The molecule has 1 aliphatic rings. The molecule has 1 aliphatic heterocycles. The van der Waals surface area contributed by atoms with Crippen LogP contribution in [0.1, 0.15) is 19.8 Å². The Kier molecular flexibility index (Phi) is 3.05. The number of rotatable bonds is 2. The summed E-state index contributed by atoms with van der Waals surface area (Å²) in [5.74, 6) is -0.345. The van der Waals surface area contributed by atoms with Gasteiger partial charge in [-0.25, -0.2) is 0 Å². The van der Waals surface area contributed by atoms with Gasteiger partial charge in [0.05, 0.1) is 6.61 Å². The van der Waals surface area contributed by atoms with Gasteiger partial charge in [-0.1, -0.05) is 0 Å². The van der Waals surface area contributed by atoms with Crippen molar-refractivity contribution in [3.8, 4) is 0 Å². The summed E-state index contributed by atoms with van der Waals surface area (Å²) >= 11 is 0. The maximum atomic E-state index is 11.3. The van der Waals surface area contributed by atoms with Crippen LogP contribution in [0.15, 0.2) is 0 Å². The first kappa shape index (κ1) is 9.48. The predicted molar refractivity (Wildman–Crippen MR) is 43.5 cm³/mol. The molecule has 1 fully saturated rings. The molecule has 4 heteroatoms. The van der Waals surface area contributed by atoms with Crippen LogP contribution >= 0.6 is 0 Å². The Balaban J connectivity index is 2.51. The molecule has 0 aromatic heterocycles. The van der Waals surface area contributed by atoms with Gasteiger partial charge in [-0.2, -0.15) is 0 Å². The second-order valence-corrected chi connectivity index (χ2v) is 3.22. The van der Waals surface area contributed by atoms with E-state index in [9.17, 15) is 4.79 Å². The van der Waals surface area contributed by atoms with Crippen LogP contribution in [0, 0.1) is 0 Å². The number of likely N-dealkylation sites (tertiary alicyclic amines) is 1. The van der Waals surface area contributed by atoms with E-state index in [4.69, 9.17) is 10.2 Å². The number of aliphatic hydroxyl groups is 2. The maximum absolute atomic E-state index is 11.3. The van der Waals surface area contributed by atoms with Gasteiger partial charge in [-0.3, -0.25) is 4.79 Å². The van der Waals surface area contributed by atoms with Gasteiger partial charge in [-0.05, 0) is 19.8 Å². The van der Waals surface area contributed by atoms with Crippen molar-refractivity contribution in [1.29, 1.82) is 0 Å². The third-order valence-electron chi connectivity index (χ3n) is 2.29. The summed E-state index contributed by atoms with van der Waals surface area (Å²) in [4.78, 5) is 12.9. The number of carbonyl (C=O) groups excluding carboxylic acids is 1. The molecule has 0 aliphatic carbocycles. The lowest BCUT2D eigenvalue weighted by atomic mass is 10.2. The minimum atomic E-state index is -1.23. The molecule has 70 valence electrons. The predicted octanol–water partition coefficient (Wildman–Crippen LogP) is -0.649. The van der Waals surface area contributed by atoms with Crippen molar-refractivity contribution < 1.29 is 15.0 Å². The zero-order chi connectivity index (χ0) is 9.14. The number of hydrogen-bond donors (Lipinski definition) is 2. The summed E-state index contributed by atoms with van der Waals surface area (Å²) in [7, 11) is 0. The van der Waals surface area contributed by atoms with Crippen LogP contribution in [0.25, 0.3) is 0 Å². The number of amides is 1. The Morgan fingerprint density at radius 1 is 1.75 bits per heavy atom. The summed E-state index contributed by atoms with van der Waals surface area (Å²) < 4.78 is 0. The molecule has 2 N–H and O–H groups in total. The molecule has 12 heavy (non-hydrogen) atoms. The molecule has 1 unspecified atom stereocenters. The Labute approximate surface area is 71.8 Å². The number of carbonyl (C=O) groups is 1. The van der Waals surface area contributed by atoms with Crippen molar-refractivity contribution in [3.05, 3.63) is 0 Å². The fourth-order valence-corrected chi connectivity index (χ4v) is 1.53. The SMILES string of the molecule is C[C@@H]1CCCN1C(=O)C(O)CO. The Hall–Kier alpha value is -0.610. The van der Waals surface area contributed by atoms with E-state index >= 15 is 0 Å². The van der Waals surface area contributed by atoms with Crippen molar-refractivity contribution in [2.45, 2.75) is 31.9 Å². The molecule has 0 bridgehead atoms. The van der Waals surface area contributed by atoms with Crippen LogP contribution in [0.4, 0.5) is 0 Å². The Bertz CT molecular complexity index is 172. The molecular formula is C8H15NO3. The molecule has 1 heterocycles. The first-order chi connectivity index (χ1) is 5.66. The lowest BCUT2D eigenvalue weighted by Gasteiger charge is -2.23. The highest BCUT2D eigenvalue weighted by Crippen LogP contribution is 2.17. The molecule has 1 rings (SSSR count). The van der Waals surface area contributed by atoms with E-state index in [2.05, 4.69) is 0 Å². The summed E-state index contributed by atoms with van der Waals surface area (Å²) in [5.41, 5.74) is 0. The third kappa shape index (κ3) is 1.76. The molecule has 1 amide bonds. The third-order valence-corrected chi connectivity index (χ3v) is 2.29. The first-order valence-corrected chi connectivity index (χ1v) is 4.26. The van der Waals surface area contributed by atoms with Gasteiger partial charge in [0.1, 0.15) is 0 Å². The van der Waals surface area contributed by atoms with E-state index in [0.717, 1.165) is 12.8 Å². The summed E-state index contributed by atoms with van der Waals surface area (Å²) in [6.07, 6.45) is 0.750. The number of aliphatic hydroxyl groups excluding tert-OH is 2. The van der Waals surface area contributed by atoms with Crippen LogP contribution < -0.4 is 0 Å². The lowest BCUT2D eigenvalue weighted by Crippen LogP contribution is -2.42. The van der Waals surface area contributed by atoms with Crippen molar-refractivity contribution in [1.82, 2.24) is 4.90 Å². The number of hydrogen-bond acceptors (Lipinski definition) is 3. The van der Waals surface area contributed by atoms with E-state index in [1.165, 1.54) is 0 Å². The molecule has 0 aromatic rings. The van der Waals surface area contributed by atoms with E-state index in [-0.39, 0.29) is 11.9 Å². The van der Waals surface area contributed by atoms with Crippen LogP contribution in [0.5, 0.6) is 0 Å². The van der Waals surface area contributed by atoms with E-state index in [1.807, 2.05) is 6.92 Å². The first-order valence-electron chi connectivity index (χ1n) is 4.26. The standard InChI is InChI=1S/C8H15NO3/c1-6-3-2-4-9(6)8(12)7(11)5-10/h6-7,10-11H,2-5H2,1H3/t6-,7?/m1/s1. The van der Waals surface area contributed by atoms with Gasteiger partial charge in [0.2, 0.25) is 0 Å². The minimum Gasteiger partial charge on any atom is -0.393 e. The van der Waals surface area contributed by atoms with Crippen LogP contribution in [0.2, 0.25) is 0 Å². The molecule has 0 radical (unpaired) electrons. The highest BCUT2D eigenvalue weighted by Gasteiger charge is 2.28. The van der Waals surface area contributed by atoms with Gasteiger partial charge < -0.3 is 15.1 Å². The van der Waals surface area contributed by atoms with Crippen LogP contribution in [-0.2, 0) is 4.79 Å². The smallest absolute Gasteiger partial charge is 0.254 e. The second-order valence-electron chi connectivity index (χ2n) is 3.22. The van der Waals surface area contributed by atoms with Crippen LogP contribution in [0.3, 0.4) is 0 Å². The van der Waals surface area contributed by atoms with Crippen LogP contribution in [-0.4, -0.2) is 46.3 Å². The normalized spacial score (nSPS) is 25.9. The van der Waals surface area contributed by atoms with Crippen molar-refractivity contribution in [2.75, 3.05) is 13.2 Å². The molecule has 0 saturated carbocycles. The highest BCUT2D eigenvalue weighted by atomic mass is 16.3. The molecule has 0 spiro atoms. The van der Waals surface area contributed by atoms with Crippen molar-refractivity contribution in [3.63, 3.8) is 0 Å². The van der Waals surface area contributed by atoms with E-state index in [0.29, 0.717) is 6.54 Å². The van der Waals surface area contributed by atoms with Gasteiger partial charge in [0, 0.05) is 12.6 Å². The fourth-order valence-electron chi connectivity index (χ4n) is 1.53. The fraction of sp³-hybridized carbons (Fsp3) is 0.875. The van der Waals surface area contributed by atoms with Gasteiger partial charge >= 0.3 is 0 Å². The average molecular weight is 173 g/mol. The minimum absolute atomic E-state index is 0.207. The molecular weight excluding hydrogens is 158 g/mol. The zero-order valence-electron chi connectivity index (χ0n) is 7.23. The largest absolute Gasteiger partial charge is 0.393 e. The second kappa shape index (κ2) is 3.87. The Morgan fingerprint density at radius 3 is 2.83 bits per heavy atom. The Morgan fingerprint density at radius 2 is 2.42 bits per heavy atom. The number of nitrogens with zero attached hydrogens (tertiary/aromatic N) is 1. The maximum Gasteiger partial charge on any atom is 0.254 e. The van der Waals surface area contributed by atoms with Gasteiger partial charge in [0.15, 0.2) is 6.10 Å². The summed E-state index contributed by atoms with van der Waals surface area (Å²) in [5, 5.41) is 17.6. The van der Waals surface area contributed by atoms with Crippen molar-refractivity contribution >= 4 is 5.91 Å². The molecule has 2 atom stereocenters. The molecule has 4 nitrogen and oxygen atoms in total. The zero-order valence-corrected chi connectivity index (χ0v) is 7.23.